The van der Waals surface area contributed by atoms with E-state index in [0.29, 0.717) is 18.8 Å². The van der Waals surface area contributed by atoms with Gasteiger partial charge in [-0.1, -0.05) is 24.3 Å². The summed E-state index contributed by atoms with van der Waals surface area (Å²) in [4.78, 5) is 16.7. The molecule has 152 valence electrons. The Labute approximate surface area is 175 Å². The van der Waals surface area contributed by atoms with Crippen LogP contribution in [0.15, 0.2) is 59.8 Å². The van der Waals surface area contributed by atoms with E-state index in [2.05, 4.69) is 45.3 Å². The molecule has 6 heteroatoms. The summed E-state index contributed by atoms with van der Waals surface area (Å²) in [7, 11) is 1.61. The van der Waals surface area contributed by atoms with Gasteiger partial charge in [0.05, 0.1) is 18.8 Å². The first kappa shape index (κ1) is 19.6. The number of ether oxygens (including phenoxy) is 1. The number of amides is 1. The minimum absolute atomic E-state index is 0.120. The number of hydrogen-bond donors (Lipinski definition) is 1. The van der Waals surface area contributed by atoms with Crippen LogP contribution in [0.2, 0.25) is 0 Å². The Hall–Kier alpha value is -3.67. The fourth-order valence-electron chi connectivity index (χ4n) is 3.64. The molecule has 0 bridgehead atoms. The Balaban J connectivity index is 1.39. The van der Waals surface area contributed by atoms with Gasteiger partial charge in [-0.3, -0.25) is 4.79 Å². The maximum Gasteiger partial charge on any atom is 0.241 e. The van der Waals surface area contributed by atoms with E-state index in [1.807, 2.05) is 43.3 Å². The van der Waals surface area contributed by atoms with Gasteiger partial charge in [0.2, 0.25) is 11.8 Å². The van der Waals surface area contributed by atoms with Crippen molar-refractivity contribution in [1.82, 2.24) is 15.0 Å². The molecule has 0 spiro atoms. The lowest BCUT2D eigenvalue weighted by Crippen LogP contribution is -2.19. The number of nitrogens with one attached hydrogen (secondary N) is 1. The number of hydrazone groups is 1. The van der Waals surface area contributed by atoms with Gasteiger partial charge in [0.15, 0.2) is 0 Å². The molecule has 4 rings (SSSR count). The van der Waals surface area contributed by atoms with E-state index in [0.717, 1.165) is 27.5 Å². The standard InChI is InChI=1S/C24H24N4O2/c1-16-12-24(30-3)26-21-9-8-18(13-20(16)21)14-25-27-23(29)10-11-28-15-17(2)19-6-4-5-7-22(19)28/h4-9,12-15H,10-11H2,1-3H3,(H,27,29). The van der Waals surface area contributed by atoms with Crippen LogP contribution in [0.5, 0.6) is 5.88 Å². The van der Waals surface area contributed by atoms with Gasteiger partial charge < -0.3 is 9.30 Å². The molecule has 0 atom stereocenters. The van der Waals surface area contributed by atoms with Crippen LogP contribution >= 0.6 is 0 Å². The first-order valence-corrected chi connectivity index (χ1v) is 9.87. The Morgan fingerprint density at radius 1 is 1.13 bits per heavy atom. The number of methoxy groups -OCH3 is 1. The van der Waals surface area contributed by atoms with Crippen molar-refractivity contribution in [2.75, 3.05) is 7.11 Å². The Morgan fingerprint density at radius 2 is 1.97 bits per heavy atom. The second kappa shape index (κ2) is 8.37. The number of benzene rings is 2. The number of pyridine rings is 1. The molecule has 0 aliphatic carbocycles. The lowest BCUT2D eigenvalue weighted by molar-refractivity contribution is -0.121. The Bertz CT molecular complexity index is 1260. The zero-order chi connectivity index (χ0) is 21.1. The van der Waals surface area contributed by atoms with Crippen LogP contribution in [-0.2, 0) is 11.3 Å². The SMILES string of the molecule is COc1cc(C)c2cc(C=NNC(=O)CCn3cc(C)c4ccccc43)ccc2n1. The van der Waals surface area contributed by atoms with Crippen LogP contribution in [0.25, 0.3) is 21.8 Å². The molecule has 0 radical (unpaired) electrons. The molecule has 6 nitrogen and oxygen atoms in total. The first-order valence-electron chi connectivity index (χ1n) is 9.87. The topological polar surface area (TPSA) is 68.5 Å². The van der Waals surface area contributed by atoms with Crippen molar-refractivity contribution in [3.05, 3.63) is 71.4 Å². The molecule has 0 aliphatic rings. The van der Waals surface area contributed by atoms with Crippen molar-refractivity contribution in [3.63, 3.8) is 0 Å². The number of aryl methyl sites for hydroxylation is 3. The van der Waals surface area contributed by atoms with Crippen LogP contribution in [0.1, 0.15) is 23.1 Å². The summed E-state index contributed by atoms with van der Waals surface area (Å²) in [6, 6.07) is 16.0. The van der Waals surface area contributed by atoms with E-state index in [1.54, 1.807) is 13.3 Å². The summed E-state index contributed by atoms with van der Waals surface area (Å²) >= 11 is 0. The normalized spacial score (nSPS) is 11.4. The van der Waals surface area contributed by atoms with E-state index in [4.69, 9.17) is 4.74 Å². The summed E-state index contributed by atoms with van der Waals surface area (Å²) in [5.74, 6) is 0.476. The summed E-state index contributed by atoms with van der Waals surface area (Å²) in [6.07, 6.45) is 4.09. The van der Waals surface area contributed by atoms with Gasteiger partial charge in [-0.15, -0.1) is 0 Å². The molecule has 1 amide bonds. The predicted octanol–water partition coefficient (Wildman–Crippen LogP) is 4.36. The van der Waals surface area contributed by atoms with Crippen LogP contribution in [0.4, 0.5) is 0 Å². The van der Waals surface area contributed by atoms with Gasteiger partial charge in [0.1, 0.15) is 0 Å². The molecule has 0 saturated heterocycles. The van der Waals surface area contributed by atoms with Crippen molar-refractivity contribution in [2.24, 2.45) is 5.10 Å². The Kier molecular flexibility index (Phi) is 5.48. The molecule has 4 aromatic rings. The number of carbonyl (C=O) groups excluding carboxylic acids is 1. The molecule has 0 unspecified atom stereocenters. The number of para-hydroxylation sites is 1. The maximum atomic E-state index is 12.2. The van der Waals surface area contributed by atoms with Gasteiger partial charge >= 0.3 is 0 Å². The van der Waals surface area contributed by atoms with Crippen molar-refractivity contribution in [2.45, 2.75) is 26.8 Å². The van der Waals surface area contributed by atoms with E-state index >= 15 is 0 Å². The van der Waals surface area contributed by atoms with Gasteiger partial charge in [0, 0.05) is 41.5 Å². The minimum Gasteiger partial charge on any atom is -0.481 e. The van der Waals surface area contributed by atoms with Crippen LogP contribution in [0.3, 0.4) is 0 Å². The van der Waals surface area contributed by atoms with E-state index in [1.165, 1.54) is 10.9 Å². The van der Waals surface area contributed by atoms with E-state index in [9.17, 15) is 4.79 Å². The largest absolute Gasteiger partial charge is 0.481 e. The molecule has 2 heterocycles. The fraction of sp³-hybridized carbons (Fsp3) is 0.208. The summed E-state index contributed by atoms with van der Waals surface area (Å²) < 4.78 is 7.33. The van der Waals surface area contributed by atoms with Crippen molar-refractivity contribution >= 4 is 33.9 Å². The lowest BCUT2D eigenvalue weighted by atomic mass is 10.1. The molecule has 30 heavy (non-hydrogen) atoms. The third-order valence-corrected chi connectivity index (χ3v) is 5.20. The average Bonchev–Trinajstić information content (AvgIpc) is 3.08. The van der Waals surface area contributed by atoms with Crippen molar-refractivity contribution < 1.29 is 9.53 Å². The van der Waals surface area contributed by atoms with E-state index in [-0.39, 0.29) is 5.91 Å². The quantitative estimate of drug-likeness (QED) is 0.386. The maximum absolute atomic E-state index is 12.2. The number of carbonyl (C=O) groups is 1. The number of fused-ring (bicyclic) bond motifs is 2. The van der Waals surface area contributed by atoms with Gasteiger partial charge in [-0.25, -0.2) is 10.4 Å². The zero-order valence-corrected chi connectivity index (χ0v) is 17.3. The molecule has 1 N–H and O–H groups in total. The lowest BCUT2D eigenvalue weighted by Gasteiger charge is -2.06. The average molecular weight is 400 g/mol. The summed E-state index contributed by atoms with van der Waals surface area (Å²) in [5, 5.41) is 6.36. The third-order valence-electron chi connectivity index (χ3n) is 5.20. The highest BCUT2D eigenvalue weighted by Gasteiger charge is 2.07. The molecule has 0 fully saturated rings. The van der Waals surface area contributed by atoms with Crippen LogP contribution < -0.4 is 10.2 Å². The second-order valence-electron chi connectivity index (χ2n) is 7.32. The minimum atomic E-state index is -0.120. The van der Waals surface area contributed by atoms with Crippen LogP contribution in [-0.4, -0.2) is 28.8 Å². The highest BCUT2D eigenvalue weighted by atomic mass is 16.5. The fourth-order valence-corrected chi connectivity index (χ4v) is 3.64. The monoisotopic (exact) mass is 400 g/mol. The summed E-state index contributed by atoms with van der Waals surface area (Å²) in [5.41, 5.74) is 7.80. The molecule has 0 aliphatic heterocycles. The molecular weight excluding hydrogens is 376 g/mol. The number of rotatable bonds is 6. The summed E-state index contributed by atoms with van der Waals surface area (Å²) in [6.45, 7) is 4.71. The molecule has 0 saturated carbocycles. The zero-order valence-electron chi connectivity index (χ0n) is 17.3. The predicted molar refractivity (Wildman–Crippen MR) is 120 cm³/mol. The molecular formula is C24H24N4O2. The first-order chi connectivity index (χ1) is 14.5. The highest BCUT2D eigenvalue weighted by Crippen LogP contribution is 2.22. The van der Waals surface area contributed by atoms with Crippen molar-refractivity contribution in [1.29, 1.82) is 0 Å². The van der Waals surface area contributed by atoms with Gasteiger partial charge in [-0.2, -0.15) is 5.10 Å². The number of nitrogens with zero attached hydrogens (tertiary/aromatic N) is 3. The molecule has 2 aromatic carbocycles. The van der Waals surface area contributed by atoms with Gasteiger partial charge in [-0.05, 0) is 48.7 Å². The smallest absolute Gasteiger partial charge is 0.241 e. The van der Waals surface area contributed by atoms with E-state index < -0.39 is 0 Å². The molecule has 2 aromatic heterocycles. The Morgan fingerprint density at radius 3 is 2.80 bits per heavy atom. The third kappa shape index (κ3) is 4.03. The number of aromatic nitrogens is 2. The number of hydrogen-bond acceptors (Lipinski definition) is 4. The van der Waals surface area contributed by atoms with Crippen LogP contribution in [0, 0.1) is 13.8 Å². The van der Waals surface area contributed by atoms with Crippen molar-refractivity contribution in [3.8, 4) is 5.88 Å². The highest BCUT2D eigenvalue weighted by molar-refractivity contribution is 5.91. The van der Waals surface area contributed by atoms with Gasteiger partial charge in [0.25, 0.3) is 0 Å². The second-order valence-corrected chi connectivity index (χ2v) is 7.32.